The lowest BCUT2D eigenvalue weighted by atomic mass is 10.1. The summed E-state index contributed by atoms with van der Waals surface area (Å²) in [6, 6.07) is 10.5. The van der Waals surface area contributed by atoms with Crippen LogP contribution in [0.1, 0.15) is 17.0 Å². The van der Waals surface area contributed by atoms with Crippen LogP contribution in [0.3, 0.4) is 0 Å². The Morgan fingerprint density at radius 2 is 1.84 bits per heavy atom. The van der Waals surface area contributed by atoms with Crippen molar-refractivity contribution in [3.05, 3.63) is 47.3 Å². The van der Waals surface area contributed by atoms with Gasteiger partial charge >= 0.3 is 0 Å². The molecule has 0 amide bonds. The van der Waals surface area contributed by atoms with Crippen LogP contribution in [-0.2, 0) is 6.42 Å². The number of aryl methyl sites for hydroxylation is 2. The van der Waals surface area contributed by atoms with Gasteiger partial charge in [0.15, 0.2) is 0 Å². The van der Waals surface area contributed by atoms with E-state index in [2.05, 4.69) is 51.8 Å². The first kappa shape index (κ1) is 13.3. The first-order valence-corrected chi connectivity index (χ1v) is 6.50. The van der Waals surface area contributed by atoms with Gasteiger partial charge in [0.1, 0.15) is 17.5 Å². The molecule has 2 aromatic rings. The summed E-state index contributed by atoms with van der Waals surface area (Å²) in [7, 11) is 1.86. The molecule has 0 bridgehead atoms. The first-order valence-electron chi connectivity index (χ1n) is 6.50. The predicted octanol–water partition coefficient (Wildman–Crippen LogP) is 2.79. The summed E-state index contributed by atoms with van der Waals surface area (Å²) in [6.45, 7) is 4.87. The Kier molecular flexibility index (Phi) is 4.34. The van der Waals surface area contributed by atoms with Gasteiger partial charge in [-0.15, -0.1) is 0 Å². The maximum atomic E-state index is 4.37. The average molecular weight is 256 g/mol. The number of hydrogen-bond donors (Lipinski definition) is 2. The van der Waals surface area contributed by atoms with Crippen LogP contribution in [0.15, 0.2) is 30.3 Å². The standard InChI is InChI=1S/C15H20N4/c1-11-5-4-6-13(9-11)7-8-17-15-10-14(16-3)18-12(2)19-15/h4-6,9-10H,7-8H2,1-3H3,(H2,16,17,18,19). The van der Waals surface area contributed by atoms with E-state index < -0.39 is 0 Å². The lowest BCUT2D eigenvalue weighted by Gasteiger charge is -2.08. The zero-order valence-corrected chi connectivity index (χ0v) is 11.7. The van der Waals surface area contributed by atoms with E-state index in [1.54, 1.807) is 0 Å². The van der Waals surface area contributed by atoms with Gasteiger partial charge < -0.3 is 10.6 Å². The van der Waals surface area contributed by atoms with Crippen LogP contribution >= 0.6 is 0 Å². The molecule has 2 rings (SSSR count). The van der Waals surface area contributed by atoms with Crippen molar-refractivity contribution in [2.75, 3.05) is 24.2 Å². The zero-order valence-electron chi connectivity index (χ0n) is 11.7. The summed E-state index contributed by atoms with van der Waals surface area (Å²) in [5.41, 5.74) is 2.64. The van der Waals surface area contributed by atoms with Gasteiger partial charge in [0.05, 0.1) is 0 Å². The van der Waals surface area contributed by atoms with Crippen LogP contribution < -0.4 is 10.6 Å². The van der Waals surface area contributed by atoms with Gasteiger partial charge in [-0.25, -0.2) is 9.97 Å². The highest BCUT2D eigenvalue weighted by molar-refractivity contribution is 5.47. The van der Waals surface area contributed by atoms with E-state index >= 15 is 0 Å². The SMILES string of the molecule is CNc1cc(NCCc2cccc(C)c2)nc(C)n1. The molecule has 4 nitrogen and oxygen atoms in total. The van der Waals surface area contributed by atoms with Gasteiger partial charge in [-0.05, 0) is 25.8 Å². The highest BCUT2D eigenvalue weighted by Gasteiger charge is 2.00. The minimum Gasteiger partial charge on any atom is -0.373 e. The molecule has 1 heterocycles. The minimum absolute atomic E-state index is 0.768. The molecule has 0 radical (unpaired) electrons. The van der Waals surface area contributed by atoms with E-state index in [-0.39, 0.29) is 0 Å². The smallest absolute Gasteiger partial charge is 0.131 e. The summed E-state index contributed by atoms with van der Waals surface area (Å²) < 4.78 is 0. The third-order valence-electron chi connectivity index (χ3n) is 2.90. The Bertz CT molecular complexity index is 552. The lowest BCUT2D eigenvalue weighted by Crippen LogP contribution is -2.08. The molecule has 1 aromatic carbocycles. The van der Waals surface area contributed by atoms with Crippen molar-refractivity contribution in [2.24, 2.45) is 0 Å². The second-order valence-corrected chi connectivity index (χ2v) is 4.60. The zero-order chi connectivity index (χ0) is 13.7. The van der Waals surface area contributed by atoms with E-state index in [1.165, 1.54) is 11.1 Å². The molecule has 0 saturated carbocycles. The van der Waals surface area contributed by atoms with Gasteiger partial charge in [-0.3, -0.25) is 0 Å². The number of aromatic nitrogens is 2. The molecule has 0 saturated heterocycles. The molecule has 4 heteroatoms. The molecule has 0 aliphatic rings. The largest absolute Gasteiger partial charge is 0.373 e. The number of benzene rings is 1. The fraction of sp³-hybridized carbons (Fsp3) is 0.333. The molecule has 2 N–H and O–H groups in total. The quantitative estimate of drug-likeness (QED) is 0.863. The van der Waals surface area contributed by atoms with Crippen molar-refractivity contribution >= 4 is 11.6 Å². The number of anilines is 2. The van der Waals surface area contributed by atoms with Crippen LogP contribution in [-0.4, -0.2) is 23.6 Å². The van der Waals surface area contributed by atoms with Crippen molar-refractivity contribution in [3.63, 3.8) is 0 Å². The normalized spacial score (nSPS) is 10.3. The highest BCUT2D eigenvalue weighted by atomic mass is 15.1. The van der Waals surface area contributed by atoms with Crippen LogP contribution in [0.5, 0.6) is 0 Å². The molecule has 1 aromatic heterocycles. The second-order valence-electron chi connectivity index (χ2n) is 4.60. The van der Waals surface area contributed by atoms with Gasteiger partial charge in [0.25, 0.3) is 0 Å². The number of rotatable bonds is 5. The van der Waals surface area contributed by atoms with Crippen molar-refractivity contribution in [1.29, 1.82) is 0 Å². The van der Waals surface area contributed by atoms with Crippen molar-refractivity contribution in [1.82, 2.24) is 9.97 Å². The number of nitrogens with one attached hydrogen (secondary N) is 2. The van der Waals surface area contributed by atoms with Crippen molar-refractivity contribution in [3.8, 4) is 0 Å². The summed E-state index contributed by atoms with van der Waals surface area (Å²) >= 11 is 0. The fourth-order valence-electron chi connectivity index (χ4n) is 1.99. The van der Waals surface area contributed by atoms with Gasteiger partial charge in [0.2, 0.25) is 0 Å². The topological polar surface area (TPSA) is 49.8 Å². The fourth-order valence-corrected chi connectivity index (χ4v) is 1.99. The molecule has 100 valence electrons. The number of hydrogen-bond acceptors (Lipinski definition) is 4. The lowest BCUT2D eigenvalue weighted by molar-refractivity contribution is 0.980. The van der Waals surface area contributed by atoms with E-state index in [9.17, 15) is 0 Å². The van der Waals surface area contributed by atoms with Crippen LogP contribution in [0.4, 0.5) is 11.6 Å². The molecular weight excluding hydrogens is 236 g/mol. The second kappa shape index (κ2) is 6.18. The van der Waals surface area contributed by atoms with Gasteiger partial charge in [0, 0.05) is 19.7 Å². The van der Waals surface area contributed by atoms with Crippen molar-refractivity contribution < 1.29 is 0 Å². The van der Waals surface area contributed by atoms with Crippen LogP contribution in [0.2, 0.25) is 0 Å². The Labute approximate surface area is 114 Å². The summed E-state index contributed by atoms with van der Waals surface area (Å²) in [5, 5.41) is 6.37. The Hall–Kier alpha value is -2.10. The van der Waals surface area contributed by atoms with Gasteiger partial charge in [-0.2, -0.15) is 0 Å². The summed E-state index contributed by atoms with van der Waals surface area (Å²) in [6.07, 6.45) is 0.986. The highest BCUT2D eigenvalue weighted by Crippen LogP contribution is 2.11. The van der Waals surface area contributed by atoms with E-state index in [1.807, 2.05) is 20.0 Å². The average Bonchev–Trinajstić information content (AvgIpc) is 2.38. The first-order chi connectivity index (χ1) is 9.17. The molecule has 19 heavy (non-hydrogen) atoms. The monoisotopic (exact) mass is 256 g/mol. The molecule has 0 unspecified atom stereocenters. The molecule has 0 fully saturated rings. The van der Waals surface area contributed by atoms with E-state index in [4.69, 9.17) is 0 Å². The number of nitrogens with zero attached hydrogens (tertiary/aromatic N) is 2. The van der Waals surface area contributed by atoms with Gasteiger partial charge in [-0.1, -0.05) is 29.8 Å². The Balaban J connectivity index is 1.94. The summed E-state index contributed by atoms with van der Waals surface area (Å²) in [4.78, 5) is 8.64. The third-order valence-corrected chi connectivity index (χ3v) is 2.90. The van der Waals surface area contributed by atoms with E-state index in [0.29, 0.717) is 0 Å². The van der Waals surface area contributed by atoms with E-state index in [0.717, 1.165) is 30.4 Å². The molecule has 0 spiro atoms. The third kappa shape index (κ3) is 3.95. The molecule has 0 aliphatic carbocycles. The maximum Gasteiger partial charge on any atom is 0.131 e. The minimum atomic E-state index is 0.768. The van der Waals surface area contributed by atoms with Crippen LogP contribution in [0, 0.1) is 13.8 Å². The maximum absolute atomic E-state index is 4.37. The van der Waals surface area contributed by atoms with Crippen molar-refractivity contribution in [2.45, 2.75) is 20.3 Å². The Morgan fingerprint density at radius 3 is 2.58 bits per heavy atom. The molecule has 0 atom stereocenters. The Morgan fingerprint density at radius 1 is 1.05 bits per heavy atom. The predicted molar refractivity (Wildman–Crippen MR) is 79.7 cm³/mol. The molecular formula is C15H20N4. The summed E-state index contributed by atoms with van der Waals surface area (Å²) in [5.74, 6) is 2.47. The van der Waals surface area contributed by atoms with Crippen LogP contribution in [0.25, 0.3) is 0 Å². The molecule has 0 aliphatic heterocycles.